The number of aromatic hydroxyl groups is 1. The predicted molar refractivity (Wildman–Crippen MR) is 232 cm³/mol. The fourth-order valence-electron chi connectivity index (χ4n) is 10.1. The van der Waals surface area contributed by atoms with Gasteiger partial charge in [0.1, 0.15) is 18.5 Å². The van der Waals surface area contributed by atoms with E-state index in [-0.39, 0.29) is 71.7 Å². The number of benzene rings is 4. The normalized spacial score (nSPS) is 21.5. The zero-order valence-corrected chi connectivity index (χ0v) is 36.2. The van der Waals surface area contributed by atoms with Gasteiger partial charge in [-0.3, -0.25) is 9.59 Å². The number of carbonyl (C=O) groups excluding carboxylic acids is 4. The number of ether oxygens (including phenoxy) is 9. The van der Waals surface area contributed by atoms with Crippen molar-refractivity contribution < 1.29 is 66.9 Å². The van der Waals surface area contributed by atoms with E-state index < -0.39 is 59.9 Å². The van der Waals surface area contributed by atoms with Gasteiger partial charge in [-0.25, -0.2) is 19.4 Å². The Hall–Kier alpha value is -8.08. The van der Waals surface area contributed by atoms with Crippen LogP contribution in [0.4, 0.5) is 0 Å². The third-order valence-corrected chi connectivity index (χ3v) is 13.3. The summed E-state index contributed by atoms with van der Waals surface area (Å²) in [6.45, 7) is 0.990. The molecule has 0 radical (unpaired) electrons. The number of hydrogen-bond acceptors (Lipinski definition) is 16. The number of esters is 4. The number of methoxy groups -OCH3 is 2. The van der Waals surface area contributed by atoms with Crippen molar-refractivity contribution in [2.75, 3.05) is 34.2 Å². The number of rotatable bonds is 10. The van der Waals surface area contributed by atoms with Crippen molar-refractivity contribution in [3.63, 3.8) is 0 Å². The van der Waals surface area contributed by atoms with E-state index in [9.17, 15) is 29.1 Å². The van der Waals surface area contributed by atoms with Crippen molar-refractivity contribution in [2.45, 2.75) is 44.1 Å². The van der Waals surface area contributed by atoms with Crippen LogP contribution in [0.1, 0.15) is 69.1 Å². The highest BCUT2D eigenvalue weighted by atomic mass is 16.7. The molecule has 11 rings (SSSR count). The van der Waals surface area contributed by atoms with Crippen molar-refractivity contribution in [1.82, 2.24) is 9.55 Å². The molecule has 6 aromatic rings. The molecule has 340 valence electrons. The topological polar surface area (TPSA) is 206 Å². The van der Waals surface area contributed by atoms with E-state index in [0.29, 0.717) is 46.1 Å². The second-order valence-electron chi connectivity index (χ2n) is 16.8. The number of phenols is 1. The lowest BCUT2D eigenvalue weighted by atomic mass is 9.66. The van der Waals surface area contributed by atoms with Crippen molar-refractivity contribution in [1.29, 1.82) is 0 Å². The van der Waals surface area contributed by atoms with Gasteiger partial charge in [-0.05, 0) is 84.3 Å². The summed E-state index contributed by atoms with van der Waals surface area (Å²) < 4.78 is 53.0. The molecule has 1 aliphatic carbocycles. The van der Waals surface area contributed by atoms with Gasteiger partial charge in [-0.15, -0.1) is 0 Å². The molecule has 0 saturated carbocycles. The Morgan fingerprint density at radius 2 is 1.61 bits per heavy atom. The van der Waals surface area contributed by atoms with Gasteiger partial charge >= 0.3 is 23.9 Å². The van der Waals surface area contributed by atoms with Crippen molar-refractivity contribution >= 4 is 34.8 Å². The van der Waals surface area contributed by atoms with Crippen LogP contribution in [0.5, 0.6) is 34.5 Å². The van der Waals surface area contributed by atoms with Gasteiger partial charge in [-0.2, -0.15) is 0 Å². The molecule has 4 aliphatic heterocycles. The minimum Gasteiger partial charge on any atom is -0.502 e. The molecule has 17 nitrogen and oxygen atoms in total. The van der Waals surface area contributed by atoms with E-state index in [2.05, 4.69) is 0 Å². The van der Waals surface area contributed by atoms with Crippen LogP contribution in [-0.2, 0) is 52.1 Å². The van der Waals surface area contributed by atoms with E-state index in [1.165, 1.54) is 38.5 Å². The van der Waals surface area contributed by atoms with Crippen LogP contribution in [0.15, 0.2) is 89.7 Å². The molecule has 5 aliphatic rings. The summed E-state index contributed by atoms with van der Waals surface area (Å²) in [5, 5.41) is 11.6. The van der Waals surface area contributed by atoms with Gasteiger partial charge in [0.15, 0.2) is 29.6 Å². The maximum atomic E-state index is 14.0. The molecule has 0 bridgehead atoms. The molecule has 2 aromatic heterocycles. The molecule has 1 fully saturated rings. The van der Waals surface area contributed by atoms with Crippen LogP contribution in [0, 0.1) is 11.8 Å². The fourth-order valence-corrected chi connectivity index (χ4v) is 10.1. The number of fused-ring (bicyclic) bond motifs is 8. The standard InChI is InChI=1S/C50H40N2O15/c1-4-50(33-18-35-43-27(13-25-7-5-6-8-34(25)51-43)19-52(35)46(55)31(33)20-63-49(50)58)67-40(53)22-61-28-11-9-24(10-12-28)47(56)66-45-30-17-37-36(64-23-65-37)16-29(30)41(42-32(45)21-62-48(42)57)26-14-38(59-2)44(54)39(15-26)60-3/h5-18,32,41-42,45,54H,4,19-23H2,1-3H3/t32?,41?,42?,45-,50+/m1/s1. The Bertz CT molecular complexity index is 3140. The minimum atomic E-state index is -1.93. The average molecular weight is 909 g/mol. The van der Waals surface area contributed by atoms with Crippen LogP contribution < -0.4 is 29.2 Å². The molecular weight excluding hydrogens is 869 g/mol. The number of cyclic esters (lactones) is 2. The first-order valence-corrected chi connectivity index (χ1v) is 21.5. The first-order chi connectivity index (χ1) is 32.5. The molecule has 3 unspecified atom stereocenters. The molecule has 0 amide bonds. The van der Waals surface area contributed by atoms with E-state index in [1.54, 1.807) is 41.8 Å². The number of pyridine rings is 2. The first kappa shape index (κ1) is 41.6. The second-order valence-corrected chi connectivity index (χ2v) is 16.8. The highest BCUT2D eigenvalue weighted by Gasteiger charge is 2.55. The van der Waals surface area contributed by atoms with E-state index in [4.69, 9.17) is 47.6 Å². The summed E-state index contributed by atoms with van der Waals surface area (Å²) in [5.74, 6) is -3.83. The van der Waals surface area contributed by atoms with Gasteiger partial charge in [0.25, 0.3) is 5.56 Å². The minimum absolute atomic E-state index is 0.0241. The molecule has 0 spiro atoms. The highest BCUT2D eigenvalue weighted by Crippen LogP contribution is 2.56. The molecule has 17 heteroatoms. The van der Waals surface area contributed by atoms with Crippen LogP contribution in [-0.4, -0.2) is 72.8 Å². The Kier molecular flexibility index (Phi) is 9.82. The summed E-state index contributed by atoms with van der Waals surface area (Å²) in [4.78, 5) is 73.4. The van der Waals surface area contributed by atoms with E-state index in [0.717, 1.165) is 16.5 Å². The molecule has 1 saturated heterocycles. The molecule has 1 N–H and O–H groups in total. The van der Waals surface area contributed by atoms with Crippen molar-refractivity contribution in [3.8, 4) is 45.9 Å². The van der Waals surface area contributed by atoms with Gasteiger partial charge in [0.05, 0.1) is 61.3 Å². The average Bonchev–Trinajstić information content (AvgIpc) is 4.07. The lowest BCUT2D eigenvalue weighted by Gasteiger charge is -2.38. The van der Waals surface area contributed by atoms with Crippen LogP contribution in [0.3, 0.4) is 0 Å². The molecular formula is C50H40N2O15. The number of nitrogens with zero attached hydrogens (tertiary/aromatic N) is 2. The number of para-hydroxylation sites is 1. The number of aromatic nitrogens is 2. The van der Waals surface area contributed by atoms with Crippen LogP contribution >= 0.6 is 0 Å². The summed E-state index contributed by atoms with van der Waals surface area (Å²) in [5.41, 5.74) is 2.80. The van der Waals surface area contributed by atoms with E-state index in [1.807, 2.05) is 30.3 Å². The fraction of sp³-hybridized carbons (Fsp3) is 0.280. The quantitative estimate of drug-likeness (QED) is 0.123. The Balaban J connectivity index is 0.824. The van der Waals surface area contributed by atoms with Gasteiger partial charge in [0, 0.05) is 33.9 Å². The molecule has 6 heterocycles. The van der Waals surface area contributed by atoms with Gasteiger partial charge in [0.2, 0.25) is 18.1 Å². The zero-order valence-electron chi connectivity index (χ0n) is 36.2. The Morgan fingerprint density at radius 3 is 2.34 bits per heavy atom. The number of carbonyl (C=O) groups is 4. The van der Waals surface area contributed by atoms with Gasteiger partial charge < -0.3 is 52.3 Å². The Labute approximate surface area is 380 Å². The summed E-state index contributed by atoms with van der Waals surface area (Å²) in [7, 11) is 2.82. The monoisotopic (exact) mass is 908 g/mol. The van der Waals surface area contributed by atoms with Crippen LogP contribution in [0.25, 0.3) is 22.3 Å². The third kappa shape index (κ3) is 6.58. The lowest BCUT2D eigenvalue weighted by Crippen LogP contribution is -2.48. The van der Waals surface area contributed by atoms with Gasteiger partial charge in [-0.1, -0.05) is 25.1 Å². The Morgan fingerprint density at radius 1 is 0.881 bits per heavy atom. The molecule has 67 heavy (non-hydrogen) atoms. The molecule has 4 aromatic carbocycles. The summed E-state index contributed by atoms with van der Waals surface area (Å²) in [6.07, 6.45) is -0.984. The number of hydrogen-bond donors (Lipinski definition) is 1. The first-order valence-electron chi connectivity index (χ1n) is 21.5. The summed E-state index contributed by atoms with van der Waals surface area (Å²) in [6, 6.07) is 23.9. The smallest absolute Gasteiger partial charge is 0.355 e. The summed E-state index contributed by atoms with van der Waals surface area (Å²) >= 11 is 0. The van der Waals surface area contributed by atoms with Crippen molar-refractivity contribution in [3.05, 3.63) is 134 Å². The number of phenolic OH excluding ortho intramolecular Hbond substituents is 1. The largest absolute Gasteiger partial charge is 0.502 e. The maximum Gasteiger partial charge on any atom is 0.355 e. The van der Waals surface area contributed by atoms with Crippen molar-refractivity contribution in [2.24, 2.45) is 11.8 Å². The highest BCUT2D eigenvalue weighted by molar-refractivity contribution is 5.91. The van der Waals surface area contributed by atoms with E-state index >= 15 is 0 Å². The molecule has 5 atom stereocenters. The second kappa shape index (κ2) is 15.8. The third-order valence-electron chi connectivity index (χ3n) is 13.3. The lowest BCUT2D eigenvalue weighted by molar-refractivity contribution is -0.190. The SMILES string of the molecule is CC[C@@]1(OC(=O)COc2ccc(C(=O)O[C@@H]3c4cc5c(cc4C(c4cc(OC)c(O)c(OC)c4)C4C(=O)OCC43)OCO5)cc2)C(=O)OCc2c1cc1n(c2=O)Cc2cc3ccccc3nc2-1. The van der Waals surface area contributed by atoms with Crippen LogP contribution in [0.2, 0.25) is 0 Å². The predicted octanol–water partition coefficient (Wildman–Crippen LogP) is 5.99. The maximum absolute atomic E-state index is 14.0. The zero-order chi connectivity index (χ0) is 46.3.